The molecule has 0 radical (unpaired) electrons. The van der Waals surface area contributed by atoms with Crippen LogP contribution in [0, 0.1) is 23.1 Å². The van der Waals surface area contributed by atoms with Crippen LogP contribution in [-0.4, -0.2) is 41.8 Å². The van der Waals surface area contributed by atoms with Crippen LogP contribution >= 0.6 is 0 Å². The Labute approximate surface area is 160 Å². The van der Waals surface area contributed by atoms with E-state index in [0.717, 1.165) is 32.1 Å². The predicted molar refractivity (Wildman–Crippen MR) is 100 cm³/mol. The number of halogens is 1. The summed E-state index contributed by atoms with van der Waals surface area (Å²) in [5, 5.41) is 10.9. The van der Waals surface area contributed by atoms with Gasteiger partial charge in [-0.05, 0) is 61.8 Å². The first kappa shape index (κ1) is 18.9. The van der Waals surface area contributed by atoms with Crippen LogP contribution in [0.2, 0.25) is 0 Å². The summed E-state index contributed by atoms with van der Waals surface area (Å²) in [4.78, 5) is 14.9. The molecule has 0 saturated heterocycles. The number of hydrogen-bond donors (Lipinski definition) is 1. The van der Waals surface area contributed by atoms with Crippen molar-refractivity contribution in [2.24, 2.45) is 17.3 Å². The second-order valence-corrected chi connectivity index (χ2v) is 9.26. The lowest BCUT2D eigenvalue weighted by Gasteiger charge is -2.60. The molecule has 5 rings (SSSR count). The normalized spacial score (nSPS) is 34.0. The summed E-state index contributed by atoms with van der Waals surface area (Å²) in [6.45, 7) is 1.15. The number of carbonyl (C=O) groups excluding carboxylic acids is 1. The average molecular weight is 375 g/mol. The van der Waals surface area contributed by atoms with Crippen molar-refractivity contribution in [1.82, 2.24) is 4.90 Å². The average Bonchev–Trinajstić information content (AvgIpc) is 2.57. The summed E-state index contributed by atoms with van der Waals surface area (Å²) in [5.74, 6) is 0.892. The van der Waals surface area contributed by atoms with E-state index in [2.05, 4.69) is 0 Å². The molecule has 1 N–H and O–H groups in total. The molecule has 2 unspecified atom stereocenters. The maximum atomic E-state index is 14.1. The fourth-order valence-corrected chi connectivity index (χ4v) is 6.37. The van der Waals surface area contributed by atoms with Crippen molar-refractivity contribution in [1.29, 1.82) is 0 Å². The molecule has 4 aliphatic carbocycles. The van der Waals surface area contributed by atoms with Crippen LogP contribution in [0.1, 0.15) is 50.5 Å². The number of benzene rings is 1. The third kappa shape index (κ3) is 3.90. The quantitative estimate of drug-likeness (QED) is 0.793. The zero-order valence-corrected chi connectivity index (χ0v) is 16.1. The highest BCUT2D eigenvalue weighted by Crippen LogP contribution is 2.62. The molecule has 148 valence electrons. The van der Waals surface area contributed by atoms with Crippen molar-refractivity contribution < 1.29 is 19.0 Å². The predicted octanol–water partition coefficient (Wildman–Crippen LogP) is 3.52. The Bertz CT molecular complexity index is 693. The van der Waals surface area contributed by atoms with Crippen molar-refractivity contribution >= 4 is 5.91 Å². The Hall–Kier alpha value is -1.46. The Morgan fingerprint density at radius 1 is 1.26 bits per heavy atom. The fourth-order valence-electron chi connectivity index (χ4n) is 6.37. The first-order chi connectivity index (χ1) is 12.9. The maximum Gasteiger partial charge on any atom is 0.223 e. The van der Waals surface area contributed by atoms with Crippen LogP contribution in [0.3, 0.4) is 0 Å². The summed E-state index contributed by atoms with van der Waals surface area (Å²) in [5.41, 5.74) is -0.102. The van der Waals surface area contributed by atoms with Crippen molar-refractivity contribution in [2.75, 3.05) is 20.3 Å². The Morgan fingerprint density at radius 3 is 2.59 bits per heavy atom. The maximum absolute atomic E-state index is 14.1. The van der Waals surface area contributed by atoms with Crippen molar-refractivity contribution in [3.05, 3.63) is 35.6 Å². The Balaban J connectivity index is 1.49. The first-order valence-electron chi connectivity index (χ1n) is 10.1. The van der Waals surface area contributed by atoms with Crippen molar-refractivity contribution in [3.8, 4) is 0 Å². The number of carbonyl (C=O) groups is 1. The van der Waals surface area contributed by atoms with Gasteiger partial charge in [-0.15, -0.1) is 0 Å². The standard InChI is InChI=1S/C22H30FNO3/c1-27-7-6-24(14-18-4-2-3-5-19(18)23)20(25)13-21-9-16-8-17(10-21)12-22(26,11-16)15-21/h2-5,16-17,26H,6-15H2,1H3. The number of aliphatic hydroxyl groups is 1. The molecule has 0 spiro atoms. The lowest BCUT2D eigenvalue weighted by molar-refractivity contribution is -0.172. The van der Waals surface area contributed by atoms with Crippen LogP contribution in [0.4, 0.5) is 4.39 Å². The largest absolute Gasteiger partial charge is 0.390 e. The van der Waals surface area contributed by atoms with Gasteiger partial charge in [0.05, 0.1) is 12.2 Å². The van der Waals surface area contributed by atoms with E-state index >= 15 is 0 Å². The molecule has 1 aromatic rings. The molecule has 4 fully saturated rings. The lowest BCUT2D eigenvalue weighted by atomic mass is 9.47. The monoisotopic (exact) mass is 375 g/mol. The van der Waals surface area contributed by atoms with Crippen LogP contribution in [0.5, 0.6) is 0 Å². The summed E-state index contributed by atoms with van der Waals surface area (Å²) in [6, 6.07) is 6.63. The summed E-state index contributed by atoms with van der Waals surface area (Å²) in [7, 11) is 1.61. The van der Waals surface area contributed by atoms with E-state index in [-0.39, 0.29) is 23.7 Å². The van der Waals surface area contributed by atoms with Gasteiger partial charge < -0.3 is 14.7 Å². The van der Waals surface area contributed by atoms with Gasteiger partial charge in [-0.2, -0.15) is 0 Å². The number of hydrogen-bond acceptors (Lipinski definition) is 3. The lowest BCUT2D eigenvalue weighted by Crippen LogP contribution is -2.56. The van der Waals surface area contributed by atoms with Gasteiger partial charge in [0.1, 0.15) is 5.82 Å². The SMILES string of the molecule is COCCN(Cc1ccccc1F)C(=O)CC12CC3CC(CC(O)(C3)C1)C2. The molecule has 1 aromatic carbocycles. The molecular formula is C22H30FNO3. The van der Waals surface area contributed by atoms with Crippen LogP contribution in [0.15, 0.2) is 24.3 Å². The van der Waals surface area contributed by atoms with Gasteiger partial charge in [-0.25, -0.2) is 4.39 Å². The molecule has 1 amide bonds. The van der Waals surface area contributed by atoms with Gasteiger partial charge >= 0.3 is 0 Å². The Kier molecular flexibility index (Phi) is 5.02. The fraction of sp³-hybridized carbons (Fsp3) is 0.682. The van der Waals surface area contributed by atoms with E-state index in [9.17, 15) is 14.3 Å². The number of methoxy groups -OCH3 is 1. The second kappa shape index (κ2) is 7.17. The number of ether oxygens (including phenoxy) is 1. The minimum Gasteiger partial charge on any atom is -0.390 e. The van der Waals surface area contributed by atoms with E-state index in [1.165, 1.54) is 12.5 Å². The smallest absolute Gasteiger partial charge is 0.223 e. The van der Waals surface area contributed by atoms with E-state index in [0.29, 0.717) is 37.0 Å². The van der Waals surface area contributed by atoms with E-state index in [4.69, 9.17) is 4.74 Å². The van der Waals surface area contributed by atoms with Gasteiger partial charge in [0, 0.05) is 32.2 Å². The molecule has 4 saturated carbocycles. The molecule has 0 heterocycles. The van der Waals surface area contributed by atoms with Crippen molar-refractivity contribution in [3.63, 3.8) is 0 Å². The van der Waals surface area contributed by atoms with Crippen LogP contribution < -0.4 is 0 Å². The highest BCUT2D eigenvalue weighted by molar-refractivity contribution is 5.77. The highest BCUT2D eigenvalue weighted by Gasteiger charge is 2.57. The van der Waals surface area contributed by atoms with Crippen LogP contribution in [0.25, 0.3) is 0 Å². The van der Waals surface area contributed by atoms with E-state index in [1.54, 1.807) is 30.2 Å². The van der Waals surface area contributed by atoms with Gasteiger partial charge in [-0.1, -0.05) is 18.2 Å². The van der Waals surface area contributed by atoms with E-state index < -0.39 is 5.60 Å². The molecule has 4 bridgehead atoms. The van der Waals surface area contributed by atoms with Gasteiger partial charge in [0.2, 0.25) is 5.91 Å². The third-order valence-electron chi connectivity index (χ3n) is 6.91. The number of amides is 1. The zero-order valence-electron chi connectivity index (χ0n) is 16.1. The molecular weight excluding hydrogens is 345 g/mol. The van der Waals surface area contributed by atoms with Crippen molar-refractivity contribution in [2.45, 2.75) is 57.1 Å². The molecule has 0 aromatic heterocycles. The molecule has 4 nitrogen and oxygen atoms in total. The van der Waals surface area contributed by atoms with Gasteiger partial charge in [-0.3, -0.25) is 4.79 Å². The van der Waals surface area contributed by atoms with Gasteiger partial charge in [0.15, 0.2) is 0 Å². The third-order valence-corrected chi connectivity index (χ3v) is 6.91. The summed E-state index contributed by atoms with van der Waals surface area (Å²) in [6.07, 6.45) is 6.33. The second-order valence-electron chi connectivity index (χ2n) is 9.26. The van der Waals surface area contributed by atoms with Gasteiger partial charge in [0.25, 0.3) is 0 Å². The molecule has 2 atom stereocenters. The molecule has 4 aliphatic rings. The topological polar surface area (TPSA) is 49.8 Å². The van der Waals surface area contributed by atoms with E-state index in [1.807, 2.05) is 0 Å². The molecule has 5 heteroatoms. The highest BCUT2D eigenvalue weighted by atomic mass is 19.1. The minimum absolute atomic E-state index is 0.0563. The first-order valence-corrected chi connectivity index (χ1v) is 10.1. The number of rotatable bonds is 7. The zero-order chi connectivity index (χ0) is 19.1. The van der Waals surface area contributed by atoms with Crippen LogP contribution in [-0.2, 0) is 16.1 Å². The molecule has 27 heavy (non-hydrogen) atoms. The summed E-state index contributed by atoms with van der Waals surface area (Å²) < 4.78 is 19.3. The Morgan fingerprint density at radius 2 is 1.96 bits per heavy atom. The summed E-state index contributed by atoms with van der Waals surface area (Å²) >= 11 is 0. The minimum atomic E-state index is -0.562. The molecule has 0 aliphatic heterocycles. The number of nitrogens with zero attached hydrogens (tertiary/aromatic N) is 1.